The van der Waals surface area contributed by atoms with Crippen LogP contribution in [0, 0.1) is 5.41 Å². The first-order chi connectivity index (χ1) is 6.94. The van der Waals surface area contributed by atoms with E-state index in [1.165, 1.54) is 25.9 Å². The molecule has 0 unspecified atom stereocenters. The van der Waals surface area contributed by atoms with Gasteiger partial charge in [-0.25, -0.2) is 0 Å². The molecule has 0 aromatic rings. The van der Waals surface area contributed by atoms with Crippen LogP contribution < -0.4 is 0 Å². The molecule has 3 nitrogen and oxygen atoms in total. The van der Waals surface area contributed by atoms with Crippen molar-refractivity contribution in [3.63, 3.8) is 0 Å². The van der Waals surface area contributed by atoms with E-state index in [0.29, 0.717) is 6.04 Å². The van der Waals surface area contributed by atoms with Crippen LogP contribution in [0.5, 0.6) is 0 Å². The fourth-order valence-corrected chi connectivity index (χ4v) is 2.24. The summed E-state index contributed by atoms with van der Waals surface area (Å²) in [7, 11) is 4.31. The number of carbonyl (C=O) groups excluding carboxylic acids is 1. The van der Waals surface area contributed by atoms with E-state index in [2.05, 4.69) is 23.9 Å². The Balaban J connectivity index is 2.40. The fourth-order valence-electron chi connectivity index (χ4n) is 2.24. The maximum Gasteiger partial charge on any atom is 0.126 e. The molecular formula is C12H24N2O. The quantitative estimate of drug-likeness (QED) is 0.655. The average molecular weight is 212 g/mol. The van der Waals surface area contributed by atoms with Gasteiger partial charge in [0, 0.05) is 18.0 Å². The first-order valence-electron chi connectivity index (χ1n) is 5.80. The Kier molecular flexibility index (Phi) is 4.29. The molecule has 1 fully saturated rings. The van der Waals surface area contributed by atoms with Crippen LogP contribution in [-0.4, -0.2) is 55.9 Å². The Bertz CT molecular complexity index is 208. The van der Waals surface area contributed by atoms with E-state index >= 15 is 0 Å². The summed E-state index contributed by atoms with van der Waals surface area (Å²) in [4.78, 5) is 15.6. The molecule has 1 aliphatic heterocycles. The van der Waals surface area contributed by atoms with Gasteiger partial charge in [0.15, 0.2) is 0 Å². The normalized spacial score (nSPS) is 20.9. The number of rotatable bonds is 4. The summed E-state index contributed by atoms with van der Waals surface area (Å²) in [5.74, 6) is 0. The lowest BCUT2D eigenvalue weighted by Crippen LogP contribution is -2.45. The molecule has 1 saturated heterocycles. The number of likely N-dealkylation sites (tertiary alicyclic amines) is 1. The number of aldehydes is 1. The molecule has 15 heavy (non-hydrogen) atoms. The molecule has 0 N–H and O–H groups in total. The predicted molar refractivity (Wildman–Crippen MR) is 63.0 cm³/mol. The Morgan fingerprint density at radius 2 is 1.93 bits per heavy atom. The van der Waals surface area contributed by atoms with Gasteiger partial charge >= 0.3 is 0 Å². The molecule has 0 radical (unpaired) electrons. The number of nitrogens with zero attached hydrogens (tertiary/aromatic N) is 2. The van der Waals surface area contributed by atoms with Gasteiger partial charge in [-0.1, -0.05) is 13.8 Å². The van der Waals surface area contributed by atoms with Gasteiger partial charge in [0.1, 0.15) is 6.29 Å². The highest BCUT2D eigenvalue weighted by atomic mass is 16.1. The van der Waals surface area contributed by atoms with Crippen LogP contribution in [0.2, 0.25) is 0 Å². The lowest BCUT2D eigenvalue weighted by atomic mass is 9.93. The van der Waals surface area contributed by atoms with Crippen LogP contribution in [0.25, 0.3) is 0 Å². The molecule has 88 valence electrons. The third-order valence-electron chi connectivity index (χ3n) is 3.29. The smallest absolute Gasteiger partial charge is 0.126 e. The summed E-state index contributed by atoms with van der Waals surface area (Å²) in [6.45, 7) is 7.23. The zero-order valence-corrected chi connectivity index (χ0v) is 10.5. The SMILES string of the molecule is CN1CCC(N(C)CC(C)(C)C=O)CC1. The number of piperidine rings is 1. The molecule has 0 atom stereocenters. The Morgan fingerprint density at radius 3 is 2.40 bits per heavy atom. The highest BCUT2D eigenvalue weighted by molar-refractivity contribution is 5.58. The highest BCUT2D eigenvalue weighted by Crippen LogP contribution is 2.19. The van der Waals surface area contributed by atoms with E-state index in [1.54, 1.807) is 0 Å². The van der Waals surface area contributed by atoms with Crippen LogP contribution in [0.1, 0.15) is 26.7 Å². The second-order valence-corrected chi connectivity index (χ2v) is 5.56. The summed E-state index contributed by atoms with van der Waals surface area (Å²) in [5.41, 5.74) is -0.210. The van der Waals surface area contributed by atoms with Crippen molar-refractivity contribution in [3.8, 4) is 0 Å². The van der Waals surface area contributed by atoms with E-state index in [9.17, 15) is 4.79 Å². The minimum atomic E-state index is -0.210. The molecule has 0 aliphatic carbocycles. The molecular weight excluding hydrogens is 188 g/mol. The highest BCUT2D eigenvalue weighted by Gasteiger charge is 2.25. The van der Waals surface area contributed by atoms with E-state index in [4.69, 9.17) is 0 Å². The third-order valence-corrected chi connectivity index (χ3v) is 3.29. The van der Waals surface area contributed by atoms with Crippen molar-refractivity contribution in [3.05, 3.63) is 0 Å². The second kappa shape index (κ2) is 5.08. The summed E-state index contributed by atoms with van der Waals surface area (Å²) in [5, 5.41) is 0. The summed E-state index contributed by atoms with van der Waals surface area (Å²) in [6, 6.07) is 0.653. The van der Waals surface area contributed by atoms with Crippen LogP contribution in [0.3, 0.4) is 0 Å². The largest absolute Gasteiger partial charge is 0.306 e. The van der Waals surface area contributed by atoms with Crippen molar-refractivity contribution < 1.29 is 4.79 Å². The molecule has 0 amide bonds. The van der Waals surface area contributed by atoms with E-state index in [0.717, 1.165) is 12.8 Å². The zero-order chi connectivity index (χ0) is 11.5. The standard InChI is InChI=1S/C12H24N2O/c1-12(2,10-15)9-14(4)11-5-7-13(3)8-6-11/h10-11H,5-9H2,1-4H3. The molecule has 0 saturated carbocycles. The lowest BCUT2D eigenvalue weighted by molar-refractivity contribution is -0.115. The van der Waals surface area contributed by atoms with Gasteiger partial charge in [0.25, 0.3) is 0 Å². The Morgan fingerprint density at radius 1 is 1.40 bits per heavy atom. The molecule has 0 bridgehead atoms. The van der Waals surface area contributed by atoms with Crippen molar-refractivity contribution in [2.24, 2.45) is 5.41 Å². The molecule has 3 heteroatoms. The van der Waals surface area contributed by atoms with Gasteiger partial charge in [-0.15, -0.1) is 0 Å². The summed E-state index contributed by atoms with van der Waals surface area (Å²) in [6.07, 6.45) is 3.52. The predicted octanol–water partition coefficient (Wildman–Crippen LogP) is 1.24. The van der Waals surface area contributed by atoms with Crippen molar-refractivity contribution in [1.82, 2.24) is 9.80 Å². The average Bonchev–Trinajstić information content (AvgIpc) is 2.18. The number of hydrogen-bond acceptors (Lipinski definition) is 3. The van der Waals surface area contributed by atoms with Gasteiger partial charge in [-0.3, -0.25) is 0 Å². The van der Waals surface area contributed by atoms with E-state index < -0.39 is 0 Å². The number of hydrogen-bond donors (Lipinski definition) is 0. The topological polar surface area (TPSA) is 23.6 Å². The van der Waals surface area contributed by atoms with Crippen molar-refractivity contribution in [2.75, 3.05) is 33.7 Å². The molecule has 1 heterocycles. The van der Waals surface area contributed by atoms with Gasteiger partial charge in [0.2, 0.25) is 0 Å². The van der Waals surface area contributed by atoms with Gasteiger partial charge in [-0.05, 0) is 40.0 Å². The monoisotopic (exact) mass is 212 g/mol. The van der Waals surface area contributed by atoms with Crippen molar-refractivity contribution in [1.29, 1.82) is 0 Å². The van der Waals surface area contributed by atoms with Crippen LogP contribution in [0.4, 0.5) is 0 Å². The fraction of sp³-hybridized carbons (Fsp3) is 0.917. The van der Waals surface area contributed by atoms with Gasteiger partial charge < -0.3 is 14.6 Å². The molecule has 1 rings (SSSR count). The maximum absolute atomic E-state index is 10.9. The van der Waals surface area contributed by atoms with Crippen LogP contribution >= 0.6 is 0 Å². The first-order valence-corrected chi connectivity index (χ1v) is 5.80. The second-order valence-electron chi connectivity index (χ2n) is 5.56. The number of carbonyl (C=O) groups is 1. The summed E-state index contributed by atoms with van der Waals surface area (Å²) < 4.78 is 0. The summed E-state index contributed by atoms with van der Waals surface area (Å²) >= 11 is 0. The molecule has 0 aromatic carbocycles. The zero-order valence-electron chi connectivity index (χ0n) is 10.5. The van der Waals surface area contributed by atoms with Crippen molar-refractivity contribution in [2.45, 2.75) is 32.7 Å². The maximum atomic E-state index is 10.9. The van der Waals surface area contributed by atoms with Crippen LogP contribution in [0.15, 0.2) is 0 Å². The van der Waals surface area contributed by atoms with Gasteiger partial charge in [-0.2, -0.15) is 0 Å². The van der Waals surface area contributed by atoms with Crippen LogP contribution in [-0.2, 0) is 4.79 Å². The van der Waals surface area contributed by atoms with Gasteiger partial charge in [0.05, 0.1) is 0 Å². The van der Waals surface area contributed by atoms with Crippen molar-refractivity contribution >= 4 is 6.29 Å². The molecule has 1 aliphatic rings. The lowest BCUT2D eigenvalue weighted by Gasteiger charge is -2.37. The van der Waals surface area contributed by atoms with E-state index in [1.807, 2.05) is 13.8 Å². The first kappa shape index (κ1) is 12.7. The molecule has 0 spiro atoms. The Labute approximate surface area is 93.4 Å². The third kappa shape index (κ3) is 3.92. The minimum Gasteiger partial charge on any atom is -0.306 e. The van der Waals surface area contributed by atoms with E-state index in [-0.39, 0.29) is 5.41 Å². The molecule has 0 aromatic heterocycles. The Hall–Kier alpha value is -0.410. The minimum absolute atomic E-state index is 0.210.